The number of fused-ring (bicyclic) bond motifs is 1. The van der Waals surface area contributed by atoms with E-state index >= 15 is 0 Å². The third-order valence-electron chi connectivity index (χ3n) is 3.92. The second kappa shape index (κ2) is 5.21. The molecule has 0 unspecified atom stereocenters. The van der Waals surface area contributed by atoms with Crippen LogP contribution in [0.2, 0.25) is 0 Å². The van der Waals surface area contributed by atoms with Crippen molar-refractivity contribution in [2.24, 2.45) is 0 Å². The van der Waals surface area contributed by atoms with Gasteiger partial charge in [0.25, 0.3) is 10.0 Å². The highest BCUT2D eigenvalue weighted by Crippen LogP contribution is 2.39. The standard InChI is InChI=1S/C16H14N2O3S2/c1-11-10-12-4-2-3-5-13(12)18(11)23(19,20)16-7-6-15(22-16)14-8-9-17-21-14/h2-9,11H,10H2,1H3/t11-/m1/s1. The number of benzene rings is 1. The summed E-state index contributed by atoms with van der Waals surface area (Å²) in [4.78, 5) is 0.751. The maximum absolute atomic E-state index is 13.1. The van der Waals surface area contributed by atoms with E-state index in [0.717, 1.165) is 22.5 Å². The Bertz CT molecular complexity index is 945. The molecular weight excluding hydrogens is 332 g/mol. The summed E-state index contributed by atoms with van der Waals surface area (Å²) in [6.45, 7) is 1.93. The minimum atomic E-state index is -3.58. The van der Waals surface area contributed by atoms with Gasteiger partial charge in [-0.3, -0.25) is 4.31 Å². The Kier molecular flexibility index (Phi) is 3.28. The summed E-state index contributed by atoms with van der Waals surface area (Å²) in [6, 6.07) is 12.7. The summed E-state index contributed by atoms with van der Waals surface area (Å²) < 4.78 is 33.1. The van der Waals surface area contributed by atoms with Crippen LogP contribution in [-0.4, -0.2) is 19.6 Å². The summed E-state index contributed by atoms with van der Waals surface area (Å²) in [5.41, 5.74) is 1.84. The van der Waals surface area contributed by atoms with Crippen LogP contribution in [-0.2, 0) is 16.4 Å². The summed E-state index contributed by atoms with van der Waals surface area (Å²) in [5.74, 6) is 0.575. The normalized spacial score (nSPS) is 17.4. The molecule has 1 aromatic carbocycles. The molecule has 1 aliphatic rings. The lowest BCUT2D eigenvalue weighted by Gasteiger charge is -2.23. The van der Waals surface area contributed by atoms with E-state index in [1.807, 2.05) is 31.2 Å². The zero-order chi connectivity index (χ0) is 16.0. The van der Waals surface area contributed by atoms with Crippen LogP contribution in [0, 0.1) is 0 Å². The van der Waals surface area contributed by atoms with Crippen molar-refractivity contribution < 1.29 is 12.9 Å². The van der Waals surface area contributed by atoms with Gasteiger partial charge in [0.15, 0.2) is 5.76 Å². The summed E-state index contributed by atoms with van der Waals surface area (Å²) >= 11 is 1.20. The molecule has 5 nitrogen and oxygen atoms in total. The minimum absolute atomic E-state index is 0.0896. The smallest absolute Gasteiger partial charge is 0.274 e. The molecule has 0 bridgehead atoms. The SMILES string of the molecule is C[C@@H]1Cc2ccccc2N1S(=O)(=O)c1ccc(-c2ccno2)s1. The quantitative estimate of drug-likeness (QED) is 0.728. The van der Waals surface area contributed by atoms with Gasteiger partial charge in [0.05, 0.1) is 16.8 Å². The zero-order valence-corrected chi connectivity index (χ0v) is 14.0. The Hall–Kier alpha value is -2.12. The topological polar surface area (TPSA) is 63.4 Å². The van der Waals surface area contributed by atoms with Crippen LogP contribution in [0.3, 0.4) is 0 Å². The highest BCUT2D eigenvalue weighted by molar-refractivity contribution is 7.94. The van der Waals surface area contributed by atoms with Gasteiger partial charge < -0.3 is 4.52 Å². The Morgan fingerprint density at radius 3 is 2.83 bits per heavy atom. The molecule has 4 rings (SSSR count). The maximum Gasteiger partial charge on any atom is 0.274 e. The molecule has 3 aromatic rings. The molecule has 118 valence electrons. The number of aromatic nitrogens is 1. The molecule has 0 aliphatic carbocycles. The molecule has 0 spiro atoms. The molecule has 0 saturated heterocycles. The zero-order valence-electron chi connectivity index (χ0n) is 12.3. The van der Waals surface area contributed by atoms with Gasteiger partial charge in [-0.05, 0) is 37.1 Å². The molecule has 0 N–H and O–H groups in total. The fraction of sp³-hybridized carbons (Fsp3) is 0.188. The van der Waals surface area contributed by atoms with Crippen molar-refractivity contribution in [1.82, 2.24) is 5.16 Å². The van der Waals surface area contributed by atoms with Gasteiger partial charge in [-0.15, -0.1) is 11.3 Å². The fourth-order valence-electron chi connectivity index (χ4n) is 2.93. The van der Waals surface area contributed by atoms with Gasteiger partial charge in [0.2, 0.25) is 0 Å². The van der Waals surface area contributed by atoms with Crippen LogP contribution in [0.25, 0.3) is 10.6 Å². The van der Waals surface area contributed by atoms with Crippen molar-refractivity contribution in [2.75, 3.05) is 4.31 Å². The molecule has 1 atom stereocenters. The van der Waals surface area contributed by atoms with E-state index in [-0.39, 0.29) is 6.04 Å². The number of hydrogen-bond acceptors (Lipinski definition) is 5. The number of para-hydroxylation sites is 1. The van der Waals surface area contributed by atoms with Crippen LogP contribution in [0.5, 0.6) is 0 Å². The first-order chi connectivity index (χ1) is 11.1. The van der Waals surface area contributed by atoms with Crippen LogP contribution in [0.4, 0.5) is 5.69 Å². The van der Waals surface area contributed by atoms with E-state index in [4.69, 9.17) is 4.52 Å². The highest BCUT2D eigenvalue weighted by atomic mass is 32.2. The predicted octanol–water partition coefficient (Wildman–Crippen LogP) is 3.54. The van der Waals surface area contributed by atoms with Gasteiger partial charge in [0.1, 0.15) is 4.21 Å². The van der Waals surface area contributed by atoms with Gasteiger partial charge in [-0.2, -0.15) is 0 Å². The monoisotopic (exact) mass is 346 g/mol. The Labute approximate surface area is 138 Å². The third kappa shape index (κ3) is 2.27. The van der Waals surface area contributed by atoms with Crippen LogP contribution in [0.1, 0.15) is 12.5 Å². The number of thiophene rings is 1. The van der Waals surface area contributed by atoms with Crippen molar-refractivity contribution in [3.63, 3.8) is 0 Å². The average Bonchev–Trinajstić information content (AvgIpc) is 3.25. The lowest BCUT2D eigenvalue weighted by atomic mass is 10.1. The number of rotatable bonds is 3. The van der Waals surface area contributed by atoms with Crippen molar-refractivity contribution in [1.29, 1.82) is 0 Å². The van der Waals surface area contributed by atoms with Crippen LogP contribution >= 0.6 is 11.3 Å². The molecule has 2 aromatic heterocycles. The lowest BCUT2D eigenvalue weighted by molar-refractivity contribution is 0.433. The van der Waals surface area contributed by atoms with Crippen molar-refractivity contribution in [2.45, 2.75) is 23.6 Å². The number of hydrogen-bond donors (Lipinski definition) is 0. The molecular formula is C16H14N2O3S2. The average molecular weight is 346 g/mol. The van der Waals surface area contributed by atoms with E-state index in [9.17, 15) is 8.42 Å². The van der Waals surface area contributed by atoms with Crippen LogP contribution in [0.15, 0.2) is 57.4 Å². The summed E-state index contributed by atoms with van der Waals surface area (Å²) in [5, 5.41) is 3.66. The summed E-state index contributed by atoms with van der Waals surface area (Å²) in [7, 11) is -3.58. The molecule has 3 heterocycles. The second-order valence-corrected chi connectivity index (χ2v) is 8.60. The Morgan fingerprint density at radius 1 is 1.22 bits per heavy atom. The van der Waals surface area contributed by atoms with Gasteiger partial charge in [-0.25, -0.2) is 8.42 Å². The summed E-state index contributed by atoms with van der Waals surface area (Å²) in [6.07, 6.45) is 2.28. The van der Waals surface area contributed by atoms with Gasteiger partial charge in [-0.1, -0.05) is 23.4 Å². The highest BCUT2D eigenvalue weighted by Gasteiger charge is 2.36. The van der Waals surface area contributed by atoms with Crippen molar-refractivity contribution >= 4 is 27.0 Å². The molecule has 0 amide bonds. The Balaban J connectivity index is 1.77. The molecule has 7 heteroatoms. The number of sulfonamides is 1. The van der Waals surface area contributed by atoms with Crippen molar-refractivity contribution in [3.05, 3.63) is 54.2 Å². The first kappa shape index (κ1) is 14.5. The molecule has 0 saturated carbocycles. The lowest BCUT2D eigenvalue weighted by Crippen LogP contribution is -2.35. The minimum Gasteiger partial charge on any atom is -0.355 e. The molecule has 23 heavy (non-hydrogen) atoms. The third-order valence-corrected chi connectivity index (χ3v) is 7.42. The van der Waals surface area contributed by atoms with E-state index < -0.39 is 10.0 Å². The first-order valence-electron chi connectivity index (χ1n) is 7.20. The predicted molar refractivity (Wildman–Crippen MR) is 89.1 cm³/mol. The second-order valence-electron chi connectivity index (χ2n) is 5.48. The van der Waals surface area contributed by atoms with E-state index in [2.05, 4.69) is 5.16 Å². The molecule has 1 aliphatic heterocycles. The molecule has 0 radical (unpaired) electrons. The Morgan fingerprint density at radius 2 is 2.04 bits per heavy atom. The maximum atomic E-state index is 13.1. The van der Waals surface area contributed by atoms with E-state index in [1.54, 1.807) is 24.4 Å². The van der Waals surface area contributed by atoms with E-state index in [0.29, 0.717) is 9.97 Å². The largest absolute Gasteiger partial charge is 0.355 e. The van der Waals surface area contributed by atoms with Gasteiger partial charge in [0, 0.05) is 12.1 Å². The number of anilines is 1. The fourth-order valence-corrected chi connectivity index (χ4v) is 5.98. The first-order valence-corrected chi connectivity index (χ1v) is 9.46. The van der Waals surface area contributed by atoms with Gasteiger partial charge >= 0.3 is 0 Å². The van der Waals surface area contributed by atoms with E-state index in [1.165, 1.54) is 15.6 Å². The van der Waals surface area contributed by atoms with Crippen LogP contribution < -0.4 is 4.31 Å². The number of nitrogens with zero attached hydrogens (tertiary/aromatic N) is 2. The van der Waals surface area contributed by atoms with Crippen molar-refractivity contribution in [3.8, 4) is 10.6 Å². The molecule has 0 fully saturated rings.